The van der Waals surface area contributed by atoms with Crippen LogP contribution in [0.5, 0.6) is 0 Å². The molecule has 0 amide bonds. The molecule has 0 spiro atoms. The Hall–Kier alpha value is -1.32. The summed E-state index contributed by atoms with van der Waals surface area (Å²) in [5.74, 6) is 0. The van der Waals surface area contributed by atoms with E-state index in [1.54, 1.807) is 0 Å². The number of nitrogens with zero attached hydrogens (tertiary/aromatic N) is 1. The first-order valence-electron chi connectivity index (χ1n) is 6.10. The normalized spacial score (nSPS) is 13.4. The molecule has 0 aliphatic rings. The topological polar surface area (TPSA) is 31.1 Å². The van der Waals surface area contributed by atoms with Crippen molar-refractivity contribution < 1.29 is 0 Å². The standard InChI is InChI=1S/C14H21N3/c1-11(10-17(2)3)15-9-13-8-12-6-4-5-7-14(12)16-13/h4-8,11,15-16H,9-10H2,1-3H3. The highest BCUT2D eigenvalue weighted by Crippen LogP contribution is 2.14. The van der Waals surface area contributed by atoms with Crippen LogP contribution >= 0.6 is 0 Å². The third-order valence-corrected chi connectivity index (χ3v) is 2.87. The molecule has 17 heavy (non-hydrogen) atoms. The molecule has 0 fully saturated rings. The number of hydrogen-bond donors (Lipinski definition) is 2. The van der Waals surface area contributed by atoms with E-state index in [-0.39, 0.29) is 0 Å². The van der Waals surface area contributed by atoms with Crippen LogP contribution in [0.3, 0.4) is 0 Å². The zero-order valence-corrected chi connectivity index (χ0v) is 10.8. The number of H-pyrrole nitrogens is 1. The summed E-state index contributed by atoms with van der Waals surface area (Å²) >= 11 is 0. The summed E-state index contributed by atoms with van der Waals surface area (Å²) in [5, 5.41) is 4.80. The van der Waals surface area contributed by atoms with Crippen molar-refractivity contribution in [3.05, 3.63) is 36.0 Å². The Morgan fingerprint density at radius 2 is 2.06 bits per heavy atom. The van der Waals surface area contributed by atoms with Gasteiger partial charge in [0.1, 0.15) is 0 Å². The number of fused-ring (bicyclic) bond motifs is 1. The van der Waals surface area contributed by atoms with Gasteiger partial charge in [-0.25, -0.2) is 0 Å². The maximum absolute atomic E-state index is 3.52. The van der Waals surface area contributed by atoms with Crippen molar-refractivity contribution in [1.29, 1.82) is 0 Å². The minimum atomic E-state index is 0.497. The van der Waals surface area contributed by atoms with E-state index in [0.29, 0.717) is 6.04 Å². The van der Waals surface area contributed by atoms with Crippen LogP contribution in [-0.2, 0) is 6.54 Å². The molecule has 2 aromatic rings. The Labute approximate surface area is 103 Å². The van der Waals surface area contributed by atoms with Crippen LogP contribution < -0.4 is 5.32 Å². The Morgan fingerprint density at radius 1 is 1.29 bits per heavy atom. The molecule has 3 nitrogen and oxygen atoms in total. The van der Waals surface area contributed by atoms with Crippen LogP contribution in [0.25, 0.3) is 10.9 Å². The van der Waals surface area contributed by atoms with Crippen LogP contribution in [0.1, 0.15) is 12.6 Å². The highest BCUT2D eigenvalue weighted by atomic mass is 15.1. The SMILES string of the molecule is CC(CN(C)C)NCc1cc2ccccc2[nH]1. The molecule has 3 heteroatoms. The predicted molar refractivity (Wildman–Crippen MR) is 73.2 cm³/mol. The molecule has 1 aromatic heterocycles. The summed E-state index contributed by atoms with van der Waals surface area (Å²) < 4.78 is 0. The zero-order valence-electron chi connectivity index (χ0n) is 10.8. The van der Waals surface area contributed by atoms with Crippen molar-refractivity contribution in [3.8, 4) is 0 Å². The molecular formula is C14H21N3. The van der Waals surface area contributed by atoms with E-state index in [4.69, 9.17) is 0 Å². The summed E-state index contributed by atoms with van der Waals surface area (Å²) in [6, 6.07) is 11.1. The van der Waals surface area contributed by atoms with Crippen LogP contribution in [0.15, 0.2) is 30.3 Å². The van der Waals surface area contributed by atoms with E-state index in [2.05, 4.69) is 66.6 Å². The summed E-state index contributed by atoms with van der Waals surface area (Å²) in [6.07, 6.45) is 0. The van der Waals surface area contributed by atoms with Crippen molar-refractivity contribution in [1.82, 2.24) is 15.2 Å². The number of para-hydroxylation sites is 1. The summed E-state index contributed by atoms with van der Waals surface area (Å²) in [6.45, 7) is 4.16. The fraction of sp³-hybridized carbons (Fsp3) is 0.429. The Morgan fingerprint density at radius 3 is 2.76 bits per heavy atom. The molecule has 1 heterocycles. The number of aromatic amines is 1. The lowest BCUT2D eigenvalue weighted by Crippen LogP contribution is -2.35. The number of likely N-dealkylation sites (N-methyl/N-ethyl adjacent to an activating group) is 1. The van der Waals surface area contributed by atoms with Gasteiger partial charge in [-0.15, -0.1) is 0 Å². The average Bonchev–Trinajstić information content (AvgIpc) is 2.68. The Bertz CT molecular complexity index is 440. The monoisotopic (exact) mass is 231 g/mol. The van der Waals surface area contributed by atoms with Gasteiger partial charge in [-0.3, -0.25) is 0 Å². The third-order valence-electron chi connectivity index (χ3n) is 2.87. The first-order chi connectivity index (χ1) is 8.15. The maximum Gasteiger partial charge on any atom is 0.0456 e. The first kappa shape index (κ1) is 12.1. The van der Waals surface area contributed by atoms with Crippen molar-refractivity contribution >= 4 is 10.9 Å². The smallest absolute Gasteiger partial charge is 0.0456 e. The summed E-state index contributed by atoms with van der Waals surface area (Å²) in [7, 11) is 4.20. The van der Waals surface area contributed by atoms with Gasteiger partial charge in [-0.1, -0.05) is 18.2 Å². The molecule has 0 aliphatic carbocycles. The van der Waals surface area contributed by atoms with Gasteiger partial charge in [0, 0.05) is 30.3 Å². The first-order valence-corrected chi connectivity index (χ1v) is 6.10. The molecule has 0 bridgehead atoms. The minimum Gasteiger partial charge on any atom is -0.357 e. The molecule has 1 unspecified atom stereocenters. The van der Waals surface area contributed by atoms with Gasteiger partial charge in [-0.05, 0) is 38.5 Å². The van der Waals surface area contributed by atoms with Gasteiger partial charge in [-0.2, -0.15) is 0 Å². The number of rotatable bonds is 5. The van der Waals surface area contributed by atoms with Crippen molar-refractivity contribution in [3.63, 3.8) is 0 Å². The highest BCUT2D eigenvalue weighted by molar-refractivity contribution is 5.80. The molecule has 2 rings (SSSR count). The van der Waals surface area contributed by atoms with Crippen molar-refractivity contribution in [2.45, 2.75) is 19.5 Å². The van der Waals surface area contributed by atoms with Crippen LogP contribution in [0, 0.1) is 0 Å². The van der Waals surface area contributed by atoms with Crippen LogP contribution in [0.4, 0.5) is 0 Å². The molecule has 0 aliphatic heterocycles. The lowest BCUT2D eigenvalue weighted by molar-refractivity contribution is 0.348. The van der Waals surface area contributed by atoms with E-state index in [0.717, 1.165) is 13.1 Å². The second-order valence-corrected chi connectivity index (χ2v) is 4.93. The number of aromatic nitrogens is 1. The molecular weight excluding hydrogens is 210 g/mol. The second kappa shape index (κ2) is 5.34. The molecule has 1 atom stereocenters. The Kier molecular flexibility index (Phi) is 3.82. The van der Waals surface area contributed by atoms with E-state index >= 15 is 0 Å². The van der Waals surface area contributed by atoms with Crippen LogP contribution in [0.2, 0.25) is 0 Å². The lowest BCUT2D eigenvalue weighted by Gasteiger charge is -2.17. The summed E-state index contributed by atoms with van der Waals surface area (Å²) in [4.78, 5) is 5.63. The van der Waals surface area contributed by atoms with Gasteiger partial charge in [0.15, 0.2) is 0 Å². The Balaban J connectivity index is 1.95. The third kappa shape index (κ3) is 3.32. The second-order valence-electron chi connectivity index (χ2n) is 4.93. The highest BCUT2D eigenvalue weighted by Gasteiger charge is 2.04. The molecule has 0 radical (unpaired) electrons. The number of benzene rings is 1. The number of nitrogens with one attached hydrogen (secondary N) is 2. The minimum absolute atomic E-state index is 0.497. The summed E-state index contributed by atoms with van der Waals surface area (Å²) in [5.41, 5.74) is 2.46. The average molecular weight is 231 g/mol. The van der Waals surface area contributed by atoms with Gasteiger partial charge in [0.25, 0.3) is 0 Å². The fourth-order valence-electron chi connectivity index (χ4n) is 2.13. The fourth-order valence-corrected chi connectivity index (χ4v) is 2.13. The number of hydrogen-bond acceptors (Lipinski definition) is 2. The largest absolute Gasteiger partial charge is 0.357 e. The van der Waals surface area contributed by atoms with Gasteiger partial charge in [0.05, 0.1) is 0 Å². The quantitative estimate of drug-likeness (QED) is 0.826. The van der Waals surface area contributed by atoms with E-state index < -0.39 is 0 Å². The van der Waals surface area contributed by atoms with Crippen molar-refractivity contribution in [2.24, 2.45) is 0 Å². The molecule has 1 aromatic carbocycles. The van der Waals surface area contributed by atoms with E-state index in [1.165, 1.54) is 16.6 Å². The zero-order chi connectivity index (χ0) is 12.3. The predicted octanol–water partition coefficient (Wildman–Crippen LogP) is 2.21. The molecule has 0 saturated heterocycles. The maximum atomic E-state index is 3.52. The van der Waals surface area contributed by atoms with E-state index in [9.17, 15) is 0 Å². The van der Waals surface area contributed by atoms with Gasteiger partial charge < -0.3 is 15.2 Å². The lowest BCUT2D eigenvalue weighted by atomic mass is 10.2. The van der Waals surface area contributed by atoms with Gasteiger partial charge >= 0.3 is 0 Å². The van der Waals surface area contributed by atoms with Crippen molar-refractivity contribution in [2.75, 3.05) is 20.6 Å². The molecule has 2 N–H and O–H groups in total. The molecule has 92 valence electrons. The molecule has 0 saturated carbocycles. The van der Waals surface area contributed by atoms with Crippen LogP contribution in [-0.4, -0.2) is 36.6 Å². The van der Waals surface area contributed by atoms with Gasteiger partial charge in [0.2, 0.25) is 0 Å². The van der Waals surface area contributed by atoms with E-state index in [1.807, 2.05) is 0 Å².